The van der Waals surface area contributed by atoms with Crippen molar-refractivity contribution in [2.45, 2.75) is 26.3 Å². The number of ether oxygens (including phenoxy) is 1. The molecule has 0 bridgehead atoms. The number of halogens is 1. The molecule has 0 fully saturated rings. The molecule has 1 atom stereocenters. The Hall–Kier alpha value is -1.26. The highest BCUT2D eigenvalue weighted by Crippen LogP contribution is 2.15. The van der Waals surface area contributed by atoms with Crippen LogP contribution in [0.2, 0.25) is 0 Å². The fourth-order valence-electron chi connectivity index (χ4n) is 1.52. The van der Waals surface area contributed by atoms with E-state index in [1.807, 2.05) is 13.8 Å². The predicted molar refractivity (Wildman–Crippen MR) is 76.3 cm³/mol. The number of carbonyl (C=O) groups excluding carboxylic acids is 1. The zero-order valence-corrected chi connectivity index (χ0v) is 11.8. The molecule has 1 rings (SSSR count). The van der Waals surface area contributed by atoms with E-state index in [-0.39, 0.29) is 18.3 Å². The maximum atomic E-state index is 11.7. The summed E-state index contributed by atoms with van der Waals surface area (Å²) >= 11 is 0. The summed E-state index contributed by atoms with van der Waals surface area (Å²) in [5.41, 5.74) is 6.52. The molecule has 1 aromatic rings. The van der Waals surface area contributed by atoms with Crippen LogP contribution in [0.1, 0.15) is 20.3 Å². The highest BCUT2D eigenvalue weighted by Gasteiger charge is 2.14. The van der Waals surface area contributed by atoms with Crippen LogP contribution in [0.5, 0.6) is 5.75 Å². The number of amides is 1. The molecule has 1 aromatic carbocycles. The van der Waals surface area contributed by atoms with Crippen LogP contribution >= 0.6 is 12.4 Å². The fraction of sp³-hybridized carbons (Fsp3) is 0.462. The number of benzene rings is 1. The molecule has 0 radical (unpaired) electrons. The summed E-state index contributed by atoms with van der Waals surface area (Å²) in [6, 6.07) is 6.71. The highest BCUT2D eigenvalue weighted by molar-refractivity contribution is 5.94. The zero-order chi connectivity index (χ0) is 12.8. The van der Waals surface area contributed by atoms with Gasteiger partial charge in [-0.05, 0) is 36.6 Å². The standard InChI is InChI=1S/C13H20N2O2.ClH/c1-9(2)8-12(14)13(16)15-10-4-6-11(17-3)7-5-10;/h4-7,9,12H,8,14H2,1-3H3,(H,15,16);1H/t12-;/m0./s1. The molecule has 0 heterocycles. The van der Waals surface area contributed by atoms with Gasteiger partial charge in [-0.1, -0.05) is 13.8 Å². The molecule has 5 heteroatoms. The van der Waals surface area contributed by atoms with Gasteiger partial charge in [0.1, 0.15) is 5.75 Å². The Bertz CT molecular complexity index is 366. The summed E-state index contributed by atoms with van der Waals surface area (Å²) in [7, 11) is 1.60. The zero-order valence-electron chi connectivity index (χ0n) is 11.0. The molecule has 0 aliphatic rings. The van der Waals surface area contributed by atoms with Crippen LogP contribution in [-0.4, -0.2) is 19.1 Å². The molecule has 0 saturated carbocycles. The summed E-state index contributed by atoms with van der Waals surface area (Å²) in [4.78, 5) is 11.7. The number of hydrogen-bond donors (Lipinski definition) is 2. The van der Waals surface area contributed by atoms with Crippen LogP contribution in [-0.2, 0) is 4.79 Å². The first kappa shape index (κ1) is 16.7. The normalized spacial score (nSPS) is 11.6. The lowest BCUT2D eigenvalue weighted by molar-refractivity contribution is -0.117. The van der Waals surface area contributed by atoms with E-state index in [4.69, 9.17) is 10.5 Å². The van der Waals surface area contributed by atoms with E-state index in [2.05, 4.69) is 5.32 Å². The van der Waals surface area contributed by atoms with E-state index < -0.39 is 6.04 Å². The summed E-state index contributed by atoms with van der Waals surface area (Å²) in [5.74, 6) is 1.02. The SMILES string of the molecule is COc1ccc(NC(=O)[C@@H](N)CC(C)C)cc1.Cl. The van der Waals surface area contributed by atoms with E-state index in [0.717, 1.165) is 11.4 Å². The number of rotatable bonds is 5. The lowest BCUT2D eigenvalue weighted by Gasteiger charge is -2.14. The van der Waals surface area contributed by atoms with Crippen molar-refractivity contribution in [3.8, 4) is 5.75 Å². The van der Waals surface area contributed by atoms with E-state index in [1.54, 1.807) is 31.4 Å². The molecule has 0 aromatic heterocycles. The van der Waals surface area contributed by atoms with Crippen LogP contribution in [0.15, 0.2) is 24.3 Å². The lowest BCUT2D eigenvalue weighted by atomic mass is 10.0. The van der Waals surface area contributed by atoms with Crippen molar-refractivity contribution in [2.24, 2.45) is 11.7 Å². The van der Waals surface area contributed by atoms with Gasteiger partial charge in [0.25, 0.3) is 0 Å². The maximum Gasteiger partial charge on any atom is 0.241 e. The van der Waals surface area contributed by atoms with Crippen molar-refractivity contribution in [2.75, 3.05) is 12.4 Å². The Balaban J connectivity index is 0.00000289. The van der Waals surface area contributed by atoms with Crippen molar-refractivity contribution in [1.29, 1.82) is 0 Å². The largest absolute Gasteiger partial charge is 0.497 e. The summed E-state index contributed by atoms with van der Waals surface area (Å²) in [6.07, 6.45) is 0.683. The van der Waals surface area contributed by atoms with Gasteiger partial charge < -0.3 is 15.8 Å². The molecule has 0 aliphatic heterocycles. The molecular weight excluding hydrogens is 252 g/mol. The van der Waals surface area contributed by atoms with Gasteiger partial charge in [-0.2, -0.15) is 0 Å². The third kappa shape index (κ3) is 5.38. The van der Waals surface area contributed by atoms with Gasteiger partial charge in [-0.15, -0.1) is 12.4 Å². The number of carbonyl (C=O) groups is 1. The van der Waals surface area contributed by atoms with Crippen LogP contribution in [0.4, 0.5) is 5.69 Å². The first-order valence-electron chi connectivity index (χ1n) is 5.73. The molecule has 0 saturated heterocycles. The first-order chi connectivity index (χ1) is 8.02. The Morgan fingerprint density at radius 1 is 1.33 bits per heavy atom. The number of nitrogens with two attached hydrogens (primary N) is 1. The molecular formula is C13H21ClN2O2. The van der Waals surface area contributed by atoms with Gasteiger partial charge in [0.2, 0.25) is 5.91 Å². The summed E-state index contributed by atoms with van der Waals surface area (Å²) < 4.78 is 5.04. The molecule has 102 valence electrons. The molecule has 1 amide bonds. The molecule has 0 aliphatic carbocycles. The van der Waals surface area contributed by atoms with E-state index >= 15 is 0 Å². The average Bonchev–Trinajstić information content (AvgIpc) is 2.29. The van der Waals surface area contributed by atoms with E-state index in [1.165, 1.54) is 0 Å². The van der Waals surface area contributed by atoms with Gasteiger partial charge >= 0.3 is 0 Å². The lowest BCUT2D eigenvalue weighted by Crippen LogP contribution is -2.36. The van der Waals surface area contributed by atoms with Gasteiger partial charge in [-0.3, -0.25) is 4.79 Å². The summed E-state index contributed by atoms with van der Waals surface area (Å²) in [6.45, 7) is 4.08. The number of hydrogen-bond acceptors (Lipinski definition) is 3. The second-order valence-corrected chi connectivity index (χ2v) is 4.45. The quantitative estimate of drug-likeness (QED) is 0.865. The number of anilines is 1. The highest BCUT2D eigenvalue weighted by atomic mass is 35.5. The second-order valence-electron chi connectivity index (χ2n) is 4.45. The Morgan fingerprint density at radius 3 is 2.33 bits per heavy atom. The minimum atomic E-state index is -0.461. The third-order valence-corrected chi connectivity index (χ3v) is 2.42. The Kier molecular flexibility index (Phi) is 7.39. The van der Waals surface area contributed by atoms with Gasteiger partial charge in [0, 0.05) is 5.69 Å². The minimum absolute atomic E-state index is 0. The molecule has 18 heavy (non-hydrogen) atoms. The monoisotopic (exact) mass is 272 g/mol. The Labute approximate surface area is 114 Å². The summed E-state index contributed by atoms with van der Waals surface area (Å²) in [5, 5.41) is 2.78. The van der Waals surface area contributed by atoms with Crippen LogP contribution < -0.4 is 15.8 Å². The maximum absolute atomic E-state index is 11.7. The minimum Gasteiger partial charge on any atom is -0.497 e. The average molecular weight is 273 g/mol. The topological polar surface area (TPSA) is 64.3 Å². The van der Waals surface area contributed by atoms with Gasteiger partial charge in [-0.25, -0.2) is 0 Å². The van der Waals surface area contributed by atoms with Crippen molar-refractivity contribution in [3.05, 3.63) is 24.3 Å². The number of methoxy groups -OCH3 is 1. The van der Waals surface area contributed by atoms with E-state index in [0.29, 0.717) is 12.3 Å². The van der Waals surface area contributed by atoms with Crippen molar-refractivity contribution >= 4 is 24.0 Å². The first-order valence-corrected chi connectivity index (χ1v) is 5.73. The van der Waals surface area contributed by atoms with Gasteiger partial charge in [0.05, 0.1) is 13.2 Å². The van der Waals surface area contributed by atoms with Crippen molar-refractivity contribution < 1.29 is 9.53 Å². The molecule has 4 nitrogen and oxygen atoms in total. The Morgan fingerprint density at radius 2 is 1.89 bits per heavy atom. The smallest absolute Gasteiger partial charge is 0.241 e. The van der Waals surface area contributed by atoms with Crippen LogP contribution in [0.25, 0.3) is 0 Å². The molecule has 0 spiro atoms. The third-order valence-electron chi connectivity index (χ3n) is 2.42. The molecule has 3 N–H and O–H groups in total. The van der Waals surface area contributed by atoms with Crippen molar-refractivity contribution in [1.82, 2.24) is 0 Å². The van der Waals surface area contributed by atoms with Gasteiger partial charge in [0.15, 0.2) is 0 Å². The van der Waals surface area contributed by atoms with E-state index in [9.17, 15) is 4.79 Å². The van der Waals surface area contributed by atoms with Crippen LogP contribution in [0.3, 0.4) is 0 Å². The predicted octanol–water partition coefficient (Wildman–Crippen LogP) is 2.43. The van der Waals surface area contributed by atoms with Crippen LogP contribution in [0, 0.1) is 5.92 Å². The number of nitrogens with one attached hydrogen (secondary N) is 1. The second kappa shape index (κ2) is 7.95. The fourth-order valence-corrected chi connectivity index (χ4v) is 1.52. The molecule has 0 unspecified atom stereocenters. The van der Waals surface area contributed by atoms with Crippen molar-refractivity contribution in [3.63, 3.8) is 0 Å².